The molecule has 0 fully saturated rings. The molecule has 142 valence electrons. The second-order valence-corrected chi connectivity index (χ2v) is 9.38. The third-order valence-corrected chi connectivity index (χ3v) is 5.92. The lowest BCUT2D eigenvalue weighted by molar-refractivity contribution is 0.0935. The molecule has 2 aromatic rings. The summed E-state index contributed by atoms with van der Waals surface area (Å²) in [7, 11) is -2.17. The molecular formula is C20H27NO4S. The first-order chi connectivity index (χ1) is 12.1. The van der Waals surface area contributed by atoms with E-state index in [2.05, 4.69) is 20.8 Å². The van der Waals surface area contributed by atoms with E-state index in [1.165, 1.54) is 24.7 Å². The molecule has 0 bridgehead atoms. The average molecular weight is 378 g/mol. The molecule has 0 saturated heterocycles. The van der Waals surface area contributed by atoms with Gasteiger partial charge in [0.05, 0.1) is 4.90 Å². The van der Waals surface area contributed by atoms with Gasteiger partial charge >= 0.3 is 0 Å². The van der Waals surface area contributed by atoms with E-state index in [0.717, 1.165) is 4.31 Å². The molecule has 0 heterocycles. The van der Waals surface area contributed by atoms with Crippen LogP contribution in [0.25, 0.3) is 0 Å². The Labute approximate surface area is 156 Å². The van der Waals surface area contributed by atoms with Gasteiger partial charge in [0.15, 0.2) is 0 Å². The van der Waals surface area contributed by atoms with Gasteiger partial charge in [-0.3, -0.25) is 0 Å². The third kappa shape index (κ3) is 5.30. The van der Waals surface area contributed by atoms with Gasteiger partial charge in [0.1, 0.15) is 18.5 Å². The number of nitrogens with zero attached hydrogens (tertiary/aromatic N) is 1. The van der Waals surface area contributed by atoms with E-state index < -0.39 is 16.1 Å². The Kier molecular flexibility index (Phi) is 6.44. The molecule has 0 spiro atoms. The highest BCUT2D eigenvalue weighted by Gasteiger charge is 2.23. The number of aliphatic hydroxyl groups is 1. The minimum atomic E-state index is -3.62. The molecule has 1 atom stereocenters. The number of hydrogen-bond acceptors (Lipinski definition) is 4. The molecule has 0 aliphatic carbocycles. The molecule has 1 N–H and O–H groups in total. The van der Waals surface area contributed by atoms with Crippen LogP contribution < -0.4 is 4.74 Å². The Balaban J connectivity index is 1.91. The first kappa shape index (κ1) is 20.4. The molecule has 1 unspecified atom stereocenters. The fourth-order valence-corrected chi connectivity index (χ4v) is 3.69. The minimum Gasteiger partial charge on any atom is -0.491 e. The molecule has 26 heavy (non-hydrogen) atoms. The van der Waals surface area contributed by atoms with Crippen LogP contribution in [0.4, 0.5) is 0 Å². The van der Waals surface area contributed by atoms with Crippen LogP contribution >= 0.6 is 0 Å². The SMILES string of the molecule is CN(CC(O)COc1ccc(C(C)(C)C)cc1)S(=O)(=O)c1ccccc1. The summed E-state index contributed by atoms with van der Waals surface area (Å²) < 4.78 is 31.6. The van der Waals surface area contributed by atoms with E-state index in [9.17, 15) is 13.5 Å². The second-order valence-electron chi connectivity index (χ2n) is 7.34. The molecule has 2 rings (SSSR count). The topological polar surface area (TPSA) is 66.8 Å². The monoisotopic (exact) mass is 377 g/mol. The van der Waals surface area contributed by atoms with Gasteiger partial charge in [-0.25, -0.2) is 8.42 Å². The summed E-state index contributed by atoms with van der Waals surface area (Å²) in [5.74, 6) is 0.644. The lowest BCUT2D eigenvalue weighted by atomic mass is 9.87. The lowest BCUT2D eigenvalue weighted by Gasteiger charge is -2.21. The van der Waals surface area contributed by atoms with Crippen molar-refractivity contribution in [3.05, 3.63) is 60.2 Å². The Morgan fingerprint density at radius 3 is 2.15 bits per heavy atom. The van der Waals surface area contributed by atoms with Crippen molar-refractivity contribution in [1.82, 2.24) is 4.31 Å². The first-order valence-electron chi connectivity index (χ1n) is 8.53. The quantitative estimate of drug-likeness (QED) is 0.805. The number of benzene rings is 2. The van der Waals surface area contributed by atoms with Crippen LogP contribution in [0.2, 0.25) is 0 Å². The average Bonchev–Trinajstić information content (AvgIpc) is 2.60. The van der Waals surface area contributed by atoms with Crippen LogP contribution in [0.3, 0.4) is 0 Å². The van der Waals surface area contributed by atoms with E-state index in [-0.39, 0.29) is 23.5 Å². The van der Waals surface area contributed by atoms with Crippen molar-refractivity contribution in [2.45, 2.75) is 37.2 Å². The summed E-state index contributed by atoms with van der Waals surface area (Å²) >= 11 is 0. The van der Waals surface area contributed by atoms with Crippen molar-refractivity contribution in [2.24, 2.45) is 0 Å². The van der Waals surface area contributed by atoms with E-state index in [1.54, 1.807) is 18.2 Å². The summed E-state index contributed by atoms with van der Waals surface area (Å²) in [6.07, 6.45) is -0.930. The largest absolute Gasteiger partial charge is 0.491 e. The number of rotatable bonds is 7. The van der Waals surface area contributed by atoms with Crippen LogP contribution in [0.15, 0.2) is 59.5 Å². The third-order valence-electron chi connectivity index (χ3n) is 4.08. The molecule has 2 aromatic carbocycles. The Bertz CT molecular complexity index is 796. The summed E-state index contributed by atoms with van der Waals surface area (Å²) in [6.45, 7) is 6.38. The van der Waals surface area contributed by atoms with E-state index in [4.69, 9.17) is 4.74 Å². The predicted octanol–water partition coefficient (Wildman–Crippen LogP) is 3.04. The first-order valence-corrected chi connectivity index (χ1v) is 9.97. The predicted molar refractivity (Wildman–Crippen MR) is 103 cm³/mol. The lowest BCUT2D eigenvalue weighted by Crippen LogP contribution is -2.37. The smallest absolute Gasteiger partial charge is 0.242 e. The summed E-state index contributed by atoms with van der Waals surface area (Å²) in [4.78, 5) is 0.202. The van der Waals surface area contributed by atoms with Gasteiger partial charge in [0.25, 0.3) is 0 Å². The van der Waals surface area contributed by atoms with E-state index in [0.29, 0.717) is 5.75 Å². The molecule has 0 aromatic heterocycles. The fourth-order valence-electron chi connectivity index (χ4n) is 2.46. The number of ether oxygens (including phenoxy) is 1. The van der Waals surface area contributed by atoms with E-state index >= 15 is 0 Å². The minimum absolute atomic E-state index is 0.0174. The van der Waals surface area contributed by atoms with Gasteiger partial charge in [0.2, 0.25) is 10.0 Å². The van der Waals surface area contributed by atoms with Crippen molar-refractivity contribution in [3.63, 3.8) is 0 Å². The van der Waals surface area contributed by atoms with Crippen molar-refractivity contribution >= 4 is 10.0 Å². The van der Waals surface area contributed by atoms with Crippen LogP contribution in [0, 0.1) is 0 Å². The number of sulfonamides is 1. The maximum absolute atomic E-state index is 12.4. The van der Waals surface area contributed by atoms with Crippen LogP contribution in [-0.4, -0.2) is 44.1 Å². The Hall–Kier alpha value is -1.89. The van der Waals surface area contributed by atoms with Gasteiger partial charge in [-0.15, -0.1) is 0 Å². The summed E-state index contributed by atoms with van der Waals surface area (Å²) in [5.41, 5.74) is 1.26. The Morgan fingerprint density at radius 1 is 1.04 bits per heavy atom. The Morgan fingerprint density at radius 2 is 1.62 bits per heavy atom. The zero-order chi connectivity index (χ0) is 19.4. The van der Waals surface area contributed by atoms with Gasteiger partial charge in [-0.2, -0.15) is 4.31 Å². The fraction of sp³-hybridized carbons (Fsp3) is 0.400. The normalized spacial score (nSPS) is 13.6. The van der Waals surface area contributed by atoms with Gasteiger partial charge < -0.3 is 9.84 Å². The van der Waals surface area contributed by atoms with Crippen LogP contribution in [-0.2, 0) is 15.4 Å². The van der Waals surface area contributed by atoms with Crippen molar-refractivity contribution < 1.29 is 18.3 Å². The maximum Gasteiger partial charge on any atom is 0.242 e. The molecular weight excluding hydrogens is 350 g/mol. The summed E-state index contributed by atoms with van der Waals surface area (Å²) in [5, 5.41) is 10.1. The van der Waals surface area contributed by atoms with Crippen LogP contribution in [0.1, 0.15) is 26.3 Å². The second kappa shape index (κ2) is 8.20. The highest BCUT2D eigenvalue weighted by Crippen LogP contribution is 2.24. The van der Waals surface area contributed by atoms with Crippen molar-refractivity contribution in [1.29, 1.82) is 0 Å². The zero-order valence-electron chi connectivity index (χ0n) is 15.7. The molecule has 0 saturated carbocycles. The molecule has 6 heteroatoms. The summed E-state index contributed by atoms with van der Waals surface area (Å²) in [6, 6.07) is 15.9. The number of hydrogen-bond donors (Lipinski definition) is 1. The molecule has 0 amide bonds. The standard InChI is InChI=1S/C20H27NO4S/c1-20(2,3)16-10-12-18(13-11-16)25-15-17(22)14-21(4)26(23,24)19-8-6-5-7-9-19/h5-13,17,22H,14-15H2,1-4H3. The highest BCUT2D eigenvalue weighted by atomic mass is 32.2. The van der Waals surface area contributed by atoms with Crippen molar-refractivity contribution in [2.75, 3.05) is 20.2 Å². The highest BCUT2D eigenvalue weighted by molar-refractivity contribution is 7.89. The zero-order valence-corrected chi connectivity index (χ0v) is 16.5. The van der Waals surface area contributed by atoms with Crippen LogP contribution in [0.5, 0.6) is 5.75 Å². The van der Waals surface area contributed by atoms with Gasteiger partial charge in [0, 0.05) is 13.6 Å². The van der Waals surface area contributed by atoms with Gasteiger partial charge in [-0.05, 0) is 35.2 Å². The van der Waals surface area contributed by atoms with Gasteiger partial charge in [-0.1, -0.05) is 51.1 Å². The number of aliphatic hydroxyl groups excluding tert-OH is 1. The molecule has 0 radical (unpaired) electrons. The molecule has 5 nitrogen and oxygen atoms in total. The number of likely N-dealkylation sites (N-methyl/N-ethyl adjacent to an activating group) is 1. The maximum atomic E-state index is 12.4. The molecule has 0 aliphatic heterocycles. The molecule has 0 aliphatic rings. The van der Waals surface area contributed by atoms with E-state index in [1.807, 2.05) is 24.3 Å². The van der Waals surface area contributed by atoms with Crippen molar-refractivity contribution in [3.8, 4) is 5.75 Å².